The van der Waals surface area contributed by atoms with Crippen molar-refractivity contribution < 1.29 is 9.47 Å². The molecule has 0 atom stereocenters. The minimum absolute atomic E-state index is 0.715. The molecule has 164 valence electrons. The molecule has 2 aliphatic rings. The predicted molar refractivity (Wildman–Crippen MR) is 122 cm³/mol. The zero-order chi connectivity index (χ0) is 21.2. The van der Waals surface area contributed by atoms with E-state index in [2.05, 4.69) is 44.4 Å². The Morgan fingerprint density at radius 3 is 2.81 bits per heavy atom. The number of hydrogen-bond donors (Lipinski definition) is 0. The lowest BCUT2D eigenvalue weighted by molar-refractivity contribution is 0.0550. The Labute approximate surface area is 187 Å². The second-order valence-electron chi connectivity index (χ2n) is 8.46. The summed E-state index contributed by atoms with van der Waals surface area (Å²) in [6, 6.07) is 8.30. The van der Waals surface area contributed by atoms with Crippen molar-refractivity contribution in [1.82, 2.24) is 19.7 Å². The summed E-state index contributed by atoms with van der Waals surface area (Å²) in [5, 5.41) is 8.07. The summed E-state index contributed by atoms with van der Waals surface area (Å²) < 4.78 is 12.8. The first-order chi connectivity index (χ1) is 15.2. The van der Waals surface area contributed by atoms with Gasteiger partial charge in [-0.05, 0) is 54.4 Å². The molecule has 1 saturated heterocycles. The standard InChI is InChI=1S/C23H29N5O2S/c1-26(11-18-7-9-30-10-8-18)13-19-14-31-23-21(19)22-24-15-25-28(22)16-27(23)12-17-3-5-20(29-2)6-4-17/h3-6,14-15,18H,7-13,16H2,1-2H3. The van der Waals surface area contributed by atoms with Gasteiger partial charge < -0.3 is 19.3 Å². The molecule has 1 aromatic carbocycles. The Morgan fingerprint density at radius 1 is 1.23 bits per heavy atom. The Balaban J connectivity index is 1.36. The lowest BCUT2D eigenvalue weighted by Gasteiger charge is -2.30. The molecule has 0 N–H and O–H groups in total. The number of thiophene rings is 1. The van der Waals surface area contributed by atoms with Crippen molar-refractivity contribution in [2.24, 2.45) is 5.92 Å². The maximum Gasteiger partial charge on any atom is 0.163 e. The average Bonchev–Trinajstić information content (AvgIpc) is 3.42. The van der Waals surface area contributed by atoms with E-state index >= 15 is 0 Å². The molecule has 4 heterocycles. The van der Waals surface area contributed by atoms with Gasteiger partial charge in [0, 0.05) is 32.8 Å². The zero-order valence-electron chi connectivity index (χ0n) is 18.2. The SMILES string of the molecule is COc1ccc(CN2Cn3ncnc3-c3c(CN(C)CC4CCOCC4)csc32)cc1. The minimum atomic E-state index is 0.715. The maximum absolute atomic E-state index is 5.52. The van der Waals surface area contributed by atoms with Crippen molar-refractivity contribution in [3.05, 3.63) is 47.1 Å². The normalized spacial score (nSPS) is 16.4. The second-order valence-corrected chi connectivity index (χ2v) is 9.32. The molecular weight excluding hydrogens is 410 g/mol. The number of rotatable bonds is 7. The molecule has 0 bridgehead atoms. The van der Waals surface area contributed by atoms with E-state index in [0.29, 0.717) is 6.67 Å². The molecule has 3 aromatic rings. The van der Waals surface area contributed by atoms with E-state index in [9.17, 15) is 0 Å². The molecule has 0 saturated carbocycles. The Morgan fingerprint density at radius 2 is 2.03 bits per heavy atom. The highest BCUT2D eigenvalue weighted by atomic mass is 32.1. The van der Waals surface area contributed by atoms with E-state index in [1.165, 1.54) is 21.7 Å². The second kappa shape index (κ2) is 8.98. The third-order valence-electron chi connectivity index (χ3n) is 6.16. The van der Waals surface area contributed by atoms with Gasteiger partial charge in [0.2, 0.25) is 0 Å². The van der Waals surface area contributed by atoms with E-state index in [4.69, 9.17) is 9.47 Å². The quantitative estimate of drug-likeness (QED) is 0.557. The Bertz CT molecular complexity index is 1010. The van der Waals surface area contributed by atoms with Crippen molar-refractivity contribution in [2.75, 3.05) is 38.8 Å². The molecule has 0 unspecified atom stereocenters. The van der Waals surface area contributed by atoms with Gasteiger partial charge >= 0.3 is 0 Å². The van der Waals surface area contributed by atoms with Crippen LogP contribution in [-0.2, 0) is 24.5 Å². The van der Waals surface area contributed by atoms with Crippen LogP contribution in [0.4, 0.5) is 5.00 Å². The topological polar surface area (TPSA) is 55.7 Å². The van der Waals surface area contributed by atoms with E-state index in [-0.39, 0.29) is 0 Å². The predicted octanol–water partition coefficient (Wildman–Crippen LogP) is 3.85. The number of nitrogens with zero attached hydrogens (tertiary/aromatic N) is 5. The molecule has 2 aromatic heterocycles. The van der Waals surface area contributed by atoms with Crippen LogP contribution in [-0.4, -0.2) is 53.6 Å². The molecule has 0 aliphatic carbocycles. The first-order valence-corrected chi connectivity index (χ1v) is 11.7. The number of anilines is 1. The summed E-state index contributed by atoms with van der Waals surface area (Å²) in [5.74, 6) is 2.59. The van der Waals surface area contributed by atoms with Gasteiger partial charge in [0.15, 0.2) is 5.82 Å². The molecule has 1 fully saturated rings. The average molecular weight is 440 g/mol. The largest absolute Gasteiger partial charge is 0.497 e. The Kier molecular flexibility index (Phi) is 5.93. The van der Waals surface area contributed by atoms with Gasteiger partial charge in [0.25, 0.3) is 0 Å². The lowest BCUT2D eigenvalue weighted by Crippen LogP contribution is -2.31. The summed E-state index contributed by atoms with van der Waals surface area (Å²) in [7, 11) is 3.92. The van der Waals surface area contributed by atoms with Gasteiger partial charge in [-0.3, -0.25) is 0 Å². The highest BCUT2D eigenvalue weighted by Crippen LogP contribution is 2.43. The van der Waals surface area contributed by atoms with E-state index < -0.39 is 0 Å². The highest BCUT2D eigenvalue weighted by molar-refractivity contribution is 7.15. The fourth-order valence-corrected chi connectivity index (χ4v) is 5.61. The molecule has 0 radical (unpaired) electrons. The van der Waals surface area contributed by atoms with Gasteiger partial charge in [0.05, 0.1) is 12.7 Å². The zero-order valence-corrected chi connectivity index (χ0v) is 19.0. The lowest BCUT2D eigenvalue weighted by atomic mass is 9.99. The van der Waals surface area contributed by atoms with Crippen LogP contribution >= 0.6 is 11.3 Å². The first kappa shape index (κ1) is 20.5. The van der Waals surface area contributed by atoms with Crippen molar-refractivity contribution in [3.63, 3.8) is 0 Å². The fraction of sp³-hybridized carbons (Fsp3) is 0.478. The minimum Gasteiger partial charge on any atom is -0.497 e. The van der Waals surface area contributed by atoms with Crippen molar-refractivity contribution in [2.45, 2.75) is 32.6 Å². The number of ether oxygens (including phenoxy) is 2. The third kappa shape index (κ3) is 4.33. The summed E-state index contributed by atoms with van der Waals surface area (Å²) in [4.78, 5) is 9.44. The third-order valence-corrected chi connectivity index (χ3v) is 7.25. The summed E-state index contributed by atoms with van der Waals surface area (Å²) in [5.41, 5.74) is 3.83. The van der Waals surface area contributed by atoms with Crippen molar-refractivity contribution in [3.8, 4) is 17.1 Å². The molecule has 31 heavy (non-hydrogen) atoms. The van der Waals surface area contributed by atoms with E-state index in [0.717, 1.165) is 63.2 Å². The number of hydrogen-bond acceptors (Lipinski definition) is 7. The van der Waals surface area contributed by atoms with Crippen LogP contribution in [0.25, 0.3) is 11.4 Å². The van der Waals surface area contributed by atoms with E-state index in [1.54, 1.807) is 13.4 Å². The molecule has 7 nitrogen and oxygen atoms in total. The van der Waals surface area contributed by atoms with Crippen molar-refractivity contribution >= 4 is 16.3 Å². The molecule has 0 spiro atoms. The molecule has 2 aliphatic heterocycles. The van der Waals surface area contributed by atoms with Gasteiger partial charge in [-0.1, -0.05) is 12.1 Å². The van der Waals surface area contributed by atoms with Crippen LogP contribution in [0.1, 0.15) is 24.0 Å². The van der Waals surface area contributed by atoms with Crippen LogP contribution < -0.4 is 9.64 Å². The number of benzene rings is 1. The van der Waals surface area contributed by atoms with Crippen molar-refractivity contribution in [1.29, 1.82) is 0 Å². The van der Waals surface area contributed by atoms with Crippen LogP contribution in [0, 0.1) is 5.92 Å². The van der Waals surface area contributed by atoms with Gasteiger partial charge in [-0.25, -0.2) is 9.67 Å². The van der Waals surface area contributed by atoms with Crippen LogP contribution in [0.15, 0.2) is 36.0 Å². The van der Waals surface area contributed by atoms with E-state index in [1.807, 2.05) is 28.2 Å². The fourth-order valence-electron chi connectivity index (χ4n) is 4.56. The summed E-state index contributed by atoms with van der Waals surface area (Å²) in [6.07, 6.45) is 4.00. The number of methoxy groups -OCH3 is 1. The molecule has 5 rings (SSSR count). The smallest absolute Gasteiger partial charge is 0.163 e. The maximum atomic E-state index is 5.52. The van der Waals surface area contributed by atoms with Crippen LogP contribution in [0.3, 0.4) is 0 Å². The molecule has 0 amide bonds. The summed E-state index contributed by atoms with van der Waals surface area (Å²) >= 11 is 1.82. The molecular formula is C23H29N5O2S. The monoisotopic (exact) mass is 439 g/mol. The first-order valence-electron chi connectivity index (χ1n) is 10.8. The molecule has 8 heteroatoms. The number of fused-ring (bicyclic) bond motifs is 3. The number of aromatic nitrogens is 3. The summed E-state index contributed by atoms with van der Waals surface area (Å²) in [6.45, 7) is 5.37. The highest BCUT2D eigenvalue weighted by Gasteiger charge is 2.29. The van der Waals surface area contributed by atoms with Gasteiger partial charge in [-0.15, -0.1) is 11.3 Å². The van der Waals surface area contributed by atoms with Gasteiger partial charge in [0.1, 0.15) is 23.7 Å². The Hall–Kier alpha value is -2.42. The van der Waals surface area contributed by atoms with Gasteiger partial charge in [-0.2, -0.15) is 5.10 Å². The van der Waals surface area contributed by atoms with Crippen LogP contribution in [0.5, 0.6) is 5.75 Å². The van der Waals surface area contributed by atoms with Crippen LogP contribution in [0.2, 0.25) is 0 Å².